The minimum atomic E-state index is 0.754. The molecule has 1 atom stereocenters. The van der Waals surface area contributed by atoms with Crippen molar-refractivity contribution in [3.05, 3.63) is 0 Å². The first kappa shape index (κ1) is 15.4. The maximum atomic E-state index is 3.58. The summed E-state index contributed by atoms with van der Waals surface area (Å²) in [6.45, 7) is 14.0. The largest absolute Gasteiger partial charge is 0.300 e. The average Bonchev–Trinajstić information content (AvgIpc) is 2.18. The second kappa shape index (κ2) is 8.58. The van der Waals surface area contributed by atoms with Crippen LogP contribution in [0.25, 0.3) is 0 Å². The Morgan fingerprint density at radius 3 is 1.87 bits per heavy atom. The Labute approximate surface area is 105 Å². The van der Waals surface area contributed by atoms with Gasteiger partial charge >= 0.3 is 0 Å². The third kappa shape index (κ3) is 6.57. The molecular weight excluding hydrogens is 250 g/mol. The molecule has 0 amide bonds. The highest BCUT2D eigenvalue weighted by Gasteiger charge is 2.17. The molecule has 0 aromatic rings. The van der Waals surface area contributed by atoms with Crippen LogP contribution < -0.4 is 0 Å². The third-order valence-electron chi connectivity index (χ3n) is 2.87. The number of hydrogen-bond acceptors (Lipinski definition) is 1. The van der Waals surface area contributed by atoms with E-state index in [4.69, 9.17) is 0 Å². The summed E-state index contributed by atoms with van der Waals surface area (Å²) in [5, 5.41) is 1.11. The van der Waals surface area contributed by atoms with Crippen LogP contribution in [-0.4, -0.2) is 29.4 Å². The Hall–Kier alpha value is 0.440. The van der Waals surface area contributed by atoms with Gasteiger partial charge in [-0.25, -0.2) is 0 Å². The van der Waals surface area contributed by atoms with Gasteiger partial charge in [0.25, 0.3) is 0 Å². The van der Waals surface area contributed by atoms with E-state index < -0.39 is 0 Å². The average molecular weight is 278 g/mol. The van der Waals surface area contributed by atoms with Crippen LogP contribution in [-0.2, 0) is 0 Å². The smallest absolute Gasteiger partial charge is 0.00902 e. The summed E-state index contributed by atoms with van der Waals surface area (Å²) in [7, 11) is 0. The second-order valence-corrected chi connectivity index (χ2v) is 5.73. The van der Waals surface area contributed by atoms with Crippen LogP contribution in [0.4, 0.5) is 0 Å². The van der Waals surface area contributed by atoms with E-state index in [1.54, 1.807) is 0 Å². The molecule has 0 spiro atoms. The quantitative estimate of drug-likeness (QED) is 0.602. The van der Waals surface area contributed by atoms with Crippen molar-refractivity contribution in [2.24, 2.45) is 11.8 Å². The van der Waals surface area contributed by atoms with Crippen molar-refractivity contribution in [1.82, 2.24) is 4.90 Å². The summed E-state index contributed by atoms with van der Waals surface area (Å²) in [5.74, 6) is 1.53. The molecule has 0 radical (unpaired) electrons. The molecule has 0 aliphatic carbocycles. The van der Waals surface area contributed by atoms with E-state index in [-0.39, 0.29) is 0 Å². The minimum absolute atomic E-state index is 0.754. The Morgan fingerprint density at radius 1 is 1.00 bits per heavy atom. The molecular formula is C13H28BrN. The fourth-order valence-electron chi connectivity index (χ4n) is 2.10. The highest BCUT2D eigenvalue weighted by molar-refractivity contribution is 9.09. The van der Waals surface area contributed by atoms with Gasteiger partial charge in [-0.1, -0.05) is 50.5 Å². The molecule has 1 unspecified atom stereocenters. The molecule has 0 aliphatic rings. The normalized spacial score (nSPS) is 14.2. The summed E-state index contributed by atoms with van der Waals surface area (Å²) in [4.78, 5) is 2.68. The maximum absolute atomic E-state index is 3.58. The van der Waals surface area contributed by atoms with Gasteiger partial charge in [0.1, 0.15) is 0 Å². The third-order valence-corrected chi connectivity index (χ3v) is 3.97. The summed E-state index contributed by atoms with van der Waals surface area (Å²) < 4.78 is 0. The van der Waals surface area contributed by atoms with Crippen LogP contribution in [0, 0.1) is 11.8 Å². The standard InChI is InChI=1S/C13H28BrN/c1-6-13(7-2)15(9-11(3)4)10-12(5)8-14/h11-13H,6-10H2,1-5H3. The molecule has 0 saturated carbocycles. The molecule has 0 bridgehead atoms. The van der Waals surface area contributed by atoms with Gasteiger partial charge in [-0.2, -0.15) is 0 Å². The number of hydrogen-bond donors (Lipinski definition) is 0. The molecule has 0 N–H and O–H groups in total. The van der Waals surface area contributed by atoms with E-state index in [1.165, 1.54) is 25.9 Å². The predicted molar refractivity (Wildman–Crippen MR) is 73.7 cm³/mol. The zero-order valence-corrected chi connectivity index (χ0v) is 12.7. The van der Waals surface area contributed by atoms with E-state index in [9.17, 15) is 0 Å². The lowest BCUT2D eigenvalue weighted by molar-refractivity contribution is 0.149. The molecule has 0 saturated heterocycles. The molecule has 1 nitrogen and oxygen atoms in total. The highest BCUT2D eigenvalue weighted by atomic mass is 79.9. The fourth-order valence-corrected chi connectivity index (χ4v) is 2.30. The van der Waals surface area contributed by atoms with E-state index in [0.29, 0.717) is 0 Å². The second-order valence-electron chi connectivity index (χ2n) is 5.08. The SMILES string of the molecule is CCC(CC)N(CC(C)C)CC(C)CBr. The molecule has 2 heteroatoms. The van der Waals surface area contributed by atoms with E-state index in [2.05, 4.69) is 55.4 Å². The molecule has 0 aliphatic heterocycles. The van der Waals surface area contributed by atoms with Crippen LogP contribution in [0.5, 0.6) is 0 Å². The monoisotopic (exact) mass is 277 g/mol. The zero-order valence-electron chi connectivity index (χ0n) is 11.1. The van der Waals surface area contributed by atoms with Gasteiger partial charge in [0.05, 0.1) is 0 Å². The van der Waals surface area contributed by atoms with Gasteiger partial charge in [-0.15, -0.1) is 0 Å². The molecule has 0 heterocycles. The van der Waals surface area contributed by atoms with Crippen molar-refractivity contribution in [3.63, 3.8) is 0 Å². The summed E-state index contributed by atoms with van der Waals surface area (Å²) >= 11 is 3.58. The topological polar surface area (TPSA) is 3.24 Å². The van der Waals surface area contributed by atoms with Crippen molar-refractivity contribution >= 4 is 15.9 Å². The van der Waals surface area contributed by atoms with Crippen LogP contribution >= 0.6 is 15.9 Å². The van der Waals surface area contributed by atoms with Crippen LogP contribution in [0.15, 0.2) is 0 Å². The van der Waals surface area contributed by atoms with Crippen molar-refractivity contribution < 1.29 is 0 Å². The van der Waals surface area contributed by atoms with Gasteiger partial charge in [0.2, 0.25) is 0 Å². The van der Waals surface area contributed by atoms with Crippen LogP contribution in [0.1, 0.15) is 47.5 Å². The van der Waals surface area contributed by atoms with Crippen LogP contribution in [0.3, 0.4) is 0 Å². The Bertz CT molecular complexity index is 143. The number of halogens is 1. The molecule has 0 aromatic heterocycles. The summed E-state index contributed by atoms with van der Waals surface area (Å²) in [5.41, 5.74) is 0. The first-order valence-corrected chi connectivity index (χ1v) is 7.47. The highest BCUT2D eigenvalue weighted by Crippen LogP contribution is 2.14. The Balaban J connectivity index is 4.27. The van der Waals surface area contributed by atoms with Crippen molar-refractivity contribution in [2.75, 3.05) is 18.4 Å². The van der Waals surface area contributed by atoms with Crippen LogP contribution in [0.2, 0.25) is 0 Å². The Kier molecular flexibility index (Phi) is 8.83. The lowest BCUT2D eigenvalue weighted by atomic mass is 10.1. The predicted octanol–water partition coefficient (Wildman–Crippen LogP) is 4.16. The van der Waals surface area contributed by atoms with E-state index >= 15 is 0 Å². The lowest BCUT2D eigenvalue weighted by Crippen LogP contribution is -2.40. The first-order valence-electron chi connectivity index (χ1n) is 6.35. The lowest BCUT2D eigenvalue weighted by Gasteiger charge is -2.33. The van der Waals surface area contributed by atoms with Gasteiger partial charge in [0.15, 0.2) is 0 Å². The minimum Gasteiger partial charge on any atom is -0.300 e. The Morgan fingerprint density at radius 2 is 1.53 bits per heavy atom. The van der Waals surface area contributed by atoms with Gasteiger partial charge in [-0.3, -0.25) is 4.90 Å². The summed E-state index contributed by atoms with van der Waals surface area (Å²) in [6, 6.07) is 0.772. The molecule has 0 aromatic carbocycles. The van der Waals surface area contributed by atoms with Crippen molar-refractivity contribution in [3.8, 4) is 0 Å². The van der Waals surface area contributed by atoms with Gasteiger partial charge in [-0.05, 0) is 24.7 Å². The number of alkyl halides is 1. The molecule has 0 fully saturated rings. The maximum Gasteiger partial charge on any atom is 0.00902 e. The molecule has 15 heavy (non-hydrogen) atoms. The molecule has 0 rings (SSSR count). The van der Waals surface area contributed by atoms with Gasteiger partial charge < -0.3 is 0 Å². The number of nitrogens with zero attached hydrogens (tertiary/aromatic N) is 1. The van der Waals surface area contributed by atoms with Gasteiger partial charge in [0, 0.05) is 24.5 Å². The first-order chi connectivity index (χ1) is 7.04. The molecule has 92 valence electrons. The van der Waals surface area contributed by atoms with Crippen molar-refractivity contribution in [1.29, 1.82) is 0 Å². The van der Waals surface area contributed by atoms with E-state index in [0.717, 1.165) is 23.2 Å². The van der Waals surface area contributed by atoms with Crippen molar-refractivity contribution in [2.45, 2.75) is 53.5 Å². The summed E-state index contributed by atoms with van der Waals surface area (Å²) in [6.07, 6.45) is 2.55. The fraction of sp³-hybridized carbons (Fsp3) is 1.00. The number of rotatable bonds is 8. The van der Waals surface area contributed by atoms with E-state index in [1.807, 2.05) is 0 Å². The zero-order chi connectivity index (χ0) is 11.8.